The van der Waals surface area contributed by atoms with Gasteiger partial charge in [-0.3, -0.25) is 0 Å². The molecule has 0 spiro atoms. The van der Waals surface area contributed by atoms with Gasteiger partial charge in [-0.05, 0) is 0 Å². The zero-order chi connectivity index (χ0) is 64.1. The third-order valence-electron chi connectivity index (χ3n) is 17.1. The van der Waals surface area contributed by atoms with Crippen molar-refractivity contribution in [2.45, 2.75) is 246 Å². The summed E-state index contributed by atoms with van der Waals surface area (Å²) in [4.78, 5) is 0. The summed E-state index contributed by atoms with van der Waals surface area (Å²) < 4.78 is 92.0. The van der Waals surface area contributed by atoms with Crippen LogP contribution in [0.5, 0.6) is 0 Å². The van der Waals surface area contributed by atoms with E-state index in [0.717, 1.165) is 0 Å². The summed E-state index contributed by atoms with van der Waals surface area (Å²) >= 11 is 0. The Balaban J connectivity index is 0.975. The van der Waals surface area contributed by atoms with Crippen LogP contribution in [0, 0.1) is 0 Å². The average molecular weight is 1300 g/mol. The maximum atomic E-state index is 11.5. The summed E-state index contributed by atoms with van der Waals surface area (Å²) in [5, 5.41) is 243. The van der Waals surface area contributed by atoms with Gasteiger partial charge >= 0.3 is 0 Å². The van der Waals surface area contributed by atoms with Crippen LogP contribution in [0.3, 0.4) is 0 Å². The van der Waals surface area contributed by atoms with Crippen molar-refractivity contribution in [1.29, 1.82) is 0 Å². The number of nitrogens with two attached hydrogens (primary N) is 2. The van der Waals surface area contributed by atoms with E-state index in [-0.39, 0.29) is 0 Å². The Morgan fingerprint density at radius 1 is 0.170 bits per heavy atom. The molecule has 0 radical (unpaired) electrons. The topological polar surface area (TPSA) is 645 Å². The fraction of sp³-hybridized carbons (Fsp3) is 1.00. The number of aliphatic hydroxyl groups excluding tert-OH is 22. The van der Waals surface area contributed by atoms with Crippen LogP contribution in [0.2, 0.25) is 0 Å². The summed E-state index contributed by atoms with van der Waals surface area (Å²) in [7, 11) is 0. The summed E-state index contributed by atoms with van der Waals surface area (Å²) in [6, 6.07) is -3.33. The minimum atomic E-state index is -2.24. The Hall–Kier alpha value is -1.60. The van der Waals surface area contributed by atoms with E-state index in [9.17, 15) is 112 Å². The highest BCUT2D eigenvalue weighted by atomic mass is 16.8. The molecule has 30 rings (SSSR count). The first-order chi connectivity index (χ1) is 41.9. The van der Waals surface area contributed by atoms with Crippen LogP contribution < -0.4 is 11.5 Å². The number of hydrogen-bond donors (Lipinski definition) is 24. The van der Waals surface area contributed by atoms with Crippen LogP contribution in [0.1, 0.15) is 0 Å². The first kappa shape index (κ1) is 70.7. The summed E-state index contributed by atoms with van der Waals surface area (Å²) in [5.74, 6) is 0. The first-order valence-electron chi connectivity index (χ1n) is 28.3. The standard InChI is InChI=1S/C48H82N2O38/c49-17-19(59)41-73-10(2-52)34(17)82-43-27(67)21(61)36(12(4-54)75-43)84-45-29(69)23(63)38(14(6-56)77-45)86-47-31(71)25(65)40(16(8-58)79-47)88-48-32(72)26(66)39(15(7-57)80-48)87-46-30(70)24(64)37(13(5-55)78-46)85-44-28(68)22(62)35(11(3-53)76-44)83-42-20(60)18(50)33(81-41)9(1-51)74-42/h9-48,51-72H,1-8,49-50H2/t9-,10-,11-,12-,13-,14-,15-,16-,17+,18+,19+,20+,21-,22-,23-,24-,25-,26-,27-,28-,29-,30-,31-,32-,33-,34-,35-,36-,37-,38-,39-,40-,41-,42-,43-,44-,45-,46-,47-,48-/m1/s1. The number of ether oxygens (including phenoxy) is 16. The molecular weight excluding hydrogens is 1210 g/mol. The summed E-state index contributed by atoms with van der Waals surface area (Å²) in [5.41, 5.74) is 12.8. The lowest BCUT2D eigenvalue weighted by molar-refractivity contribution is -0.400. The van der Waals surface area contributed by atoms with E-state index in [4.69, 9.17) is 87.3 Å². The van der Waals surface area contributed by atoms with Crippen LogP contribution in [0.25, 0.3) is 0 Å². The summed E-state index contributed by atoms with van der Waals surface area (Å²) in [6.45, 7) is -8.28. The molecule has 0 amide bonds. The van der Waals surface area contributed by atoms with Crippen molar-refractivity contribution < 1.29 is 188 Å². The second-order valence-corrected chi connectivity index (χ2v) is 22.6. The number of aliphatic hydroxyl groups is 22. The minimum absolute atomic E-state index is 0.969. The van der Waals surface area contributed by atoms with E-state index in [0.29, 0.717) is 0 Å². The lowest BCUT2D eigenvalue weighted by Gasteiger charge is -2.51. The molecule has 512 valence electrons. The smallest absolute Gasteiger partial charge is 0.187 e. The molecule has 26 N–H and O–H groups in total. The zero-order valence-electron chi connectivity index (χ0n) is 46.3. The van der Waals surface area contributed by atoms with E-state index < -0.39 is 298 Å². The largest absolute Gasteiger partial charge is 0.394 e. The normalized spacial score (nSPS) is 55.4. The molecule has 30 aliphatic rings. The van der Waals surface area contributed by atoms with Gasteiger partial charge in [-0.15, -0.1) is 0 Å². The maximum absolute atomic E-state index is 11.5. The fourth-order valence-corrected chi connectivity index (χ4v) is 12.0. The van der Waals surface area contributed by atoms with Crippen molar-refractivity contribution in [2.24, 2.45) is 11.5 Å². The Morgan fingerprint density at radius 3 is 0.443 bits per heavy atom. The molecule has 40 atom stereocenters. The van der Waals surface area contributed by atoms with Crippen molar-refractivity contribution in [3.8, 4) is 0 Å². The predicted octanol–water partition coefficient (Wildman–Crippen LogP) is -17.5. The molecule has 30 fully saturated rings. The van der Waals surface area contributed by atoms with Crippen molar-refractivity contribution >= 4 is 0 Å². The molecule has 0 aromatic heterocycles. The van der Waals surface area contributed by atoms with Crippen LogP contribution in [0.15, 0.2) is 0 Å². The molecule has 40 heteroatoms. The fourth-order valence-electron chi connectivity index (χ4n) is 12.0. The Kier molecular flexibility index (Phi) is 24.1. The van der Waals surface area contributed by atoms with E-state index >= 15 is 0 Å². The van der Waals surface area contributed by atoms with Gasteiger partial charge < -0.3 is 200 Å². The van der Waals surface area contributed by atoms with Gasteiger partial charge in [0.2, 0.25) is 0 Å². The summed E-state index contributed by atoms with van der Waals surface area (Å²) in [6.07, 6.45) is -74.9. The second-order valence-electron chi connectivity index (χ2n) is 22.6. The van der Waals surface area contributed by atoms with Gasteiger partial charge in [-0.1, -0.05) is 0 Å². The zero-order valence-corrected chi connectivity index (χ0v) is 46.3. The highest BCUT2D eigenvalue weighted by Crippen LogP contribution is 2.39. The van der Waals surface area contributed by atoms with Crippen LogP contribution >= 0.6 is 0 Å². The van der Waals surface area contributed by atoms with Crippen LogP contribution in [-0.4, -0.2) is 411 Å². The van der Waals surface area contributed by atoms with Crippen molar-refractivity contribution in [2.75, 3.05) is 52.9 Å². The number of rotatable bonds is 8. The van der Waals surface area contributed by atoms with Crippen LogP contribution in [0.4, 0.5) is 0 Å². The minimum Gasteiger partial charge on any atom is -0.394 e. The van der Waals surface area contributed by atoms with Crippen molar-refractivity contribution in [3.63, 3.8) is 0 Å². The Morgan fingerprint density at radius 2 is 0.295 bits per heavy atom. The maximum Gasteiger partial charge on any atom is 0.187 e. The quantitative estimate of drug-likeness (QED) is 0.107. The third-order valence-corrected chi connectivity index (χ3v) is 17.1. The SMILES string of the molecule is N[C@H]1[C@H](O)[C@H]2O[C@H]3[C@H](O)[C@@H](O)[C@@H](O[C@H]4[C@H](O)[C@@H](O)[C@@H](O[C@H]5[C@H](O)[C@@H](O)[C@@H](O[C@H]6[C@H](O)[C@@H](O)[C@@H](O[C@H]7[C@H](O)[C@@H](O)[C@@H](O[C@H]8[C@H](O)[C@@H](O)[C@@H](O[C@H]9[C@@H](N)[C@H](O)[C@@H](O[C@@H]1[C@@H](CO)O2)O[C@@H]9CO)O[C@@H]8CO)O[C@@H]7CO)O[C@@H]6CO)O[C@@H]5CO)O[C@@H]4CO)O[C@@H]3CO. The molecule has 16 bridgehead atoms. The van der Waals surface area contributed by atoms with Gasteiger partial charge in [0.05, 0.1) is 64.9 Å². The molecular formula is C48H82N2O38. The van der Waals surface area contributed by atoms with Gasteiger partial charge in [0.25, 0.3) is 0 Å². The molecule has 40 nitrogen and oxygen atoms in total. The molecule has 0 unspecified atom stereocenters. The molecule has 0 saturated carbocycles. The molecule has 0 aliphatic carbocycles. The van der Waals surface area contributed by atoms with Gasteiger partial charge in [0.15, 0.2) is 50.3 Å². The van der Waals surface area contributed by atoms with Gasteiger partial charge in [0.1, 0.15) is 183 Å². The molecule has 30 saturated heterocycles. The van der Waals surface area contributed by atoms with Gasteiger partial charge in [-0.25, -0.2) is 0 Å². The van der Waals surface area contributed by atoms with Crippen LogP contribution in [-0.2, 0) is 75.8 Å². The molecule has 30 aliphatic heterocycles. The predicted molar refractivity (Wildman–Crippen MR) is 265 cm³/mol. The van der Waals surface area contributed by atoms with E-state index in [1.165, 1.54) is 0 Å². The molecule has 0 aromatic carbocycles. The average Bonchev–Trinajstić information content (AvgIpc) is 1.09. The highest BCUT2D eigenvalue weighted by molar-refractivity contribution is 5.03. The van der Waals surface area contributed by atoms with Gasteiger partial charge in [0, 0.05) is 0 Å². The molecule has 0 aromatic rings. The molecule has 88 heavy (non-hydrogen) atoms. The third kappa shape index (κ3) is 13.8. The van der Waals surface area contributed by atoms with E-state index in [2.05, 4.69) is 0 Å². The van der Waals surface area contributed by atoms with Crippen molar-refractivity contribution in [3.05, 3.63) is 0 Å². The second kappa shape index (κ2) is 30.0. The Bertz CT molecular complexity index is 1720. The first-order valence-corrected chi connectivity index (χ1v) is 28.3. The van der Waals surface area contributed by atoms with E-state index in [1.807, 2.05) is 0 Å². The van der Waals surface area contributed by atoms with Crippen molar-refractivity contribution in [1.82, 2.24) is 0 Å². The number of hydrogen-bond acceptors (Lipinski definition) is 40. The lowest BCUT2D eigenvalue weighted by Crippen LogP contribution is -2.70. The van der Waals surface area contributed by atoms with Gasteiger partial charge in [-0.2, -0.15) is 0 Å². The Labute approximate surface area is 497 Å². The van der Waals surface area contributed by atoms with E-state index in [1.54, 1.807) is 0 Å². The monoisotopic (exact) mass is 1290 g/mol. The molecule has 30 heterocycles. The highest BCUT2D eigenvalue weighted by Gasteiger charge is 2.60. The lowest BCUT2D eigenvalue weighted by atomic mass is 9.94.